The van der Waals surface area contributed by atoms with Gasteiger partial charge in [0.05, 0.1) is 11.0 Å². The van der Waals surface area contributed by atoms with E-state index in [4.69, 9.17) is 0 Å². The number of rotatable bonds is 6. The van der Waals surface area contributed by atoms with Crippen molar-refractivity contribution in [2.45, 2.75) is 19.1 Å². The molecule has 0 aromatic heterocycles. The Kier molecular flexibility index (Phi) is 6.54. The van der Waals surface area contributed by atoms with Crippen LogP contribution in [0.15, 0.2) is 24.3 Å². The summed E-state index contributed by atoms with van der Waals surface area (Å²) in [6.45, 7) is 3.77. The van der Waals surface area contributed by atoms with Crippen LogP contribution in [0, 0.1) is 6.92 Å². The molecular weight excluding hydrogens is 274 g/mol. The van der Waals surface area contributed by atoms with Gasteiger partial charge in [0.25, 0.3) is 0 Å². The molecule has 0 aliphatic carbocycles. The average molecular weight is 295 g/mol. The second-order valence-electron chi connectivity index (χ2n) is 4.74. The van der Waals surface area contributed by atoms with Crippen molar-refractivity contribution in [1.82, 2.24) is 10.4 Å². The largest absolute Gasteiger partial charge is 0.325 e. The fourth-order valence-corrected chi connectivity index (χ4v) is 2.10. The molecule has 1 aromatic rings. The van der Waals surface area contributed by atoms with Gasteiger partial charge >= 0.3 is 0 Å². The van der Waals surface area contributed by atoms with E-state index in [1.807, 2.05) is 31.2 Å². The minimum atomic E-state index is -0.277. The number of benzene rings is 1. The van der Waals surface area contributed by atoms with Gasteiger partial charge in [0.2, 0.25) is 11.8 Å². The highest BCUT2D eigenvalue weighted by Gasteiger charge is 2.15. The minimum absolute atomic E-state index is 0.108. The Hall–Kier alpha value is -1.53. The van der Waals surface area contributed by atoms with Gasteiger partial charge < -0.3 is 5.32 Å². The fourth-order valence-electron chi connectivity index (χ4n) is 1.42. The van der Waals surface area contributed by atoms with Gasteiger partial charge in [-0.1, -0.05) is 17.7 Å². The highest BCUT2D eigenvalue weighted by atomic mass is 32.2. The van der Waals surface area contributed by atoms with Crippen molar-refractivity contribution in [2.75, 3.05) is 25.2 Å². The van der Waals surface area contributed by atoms with E-state index < -0.39 is 0 Å². The van der Waals surface area contributed by atoms with Gasteiger partial charge in [-0.25, -0.2) is 5.01 Å². The zero-order valence-corrected chi connectivity index (χ0v) is 13.1. The third-order valence-corrected chi connectivity index (χ3v) is 3.65. The number of nitrogens with one attached hydrogen (secondary N) is 2. The smallest absolute Gasteiger partial charge is 0.247 e. The predicted molar refractivity (Wildman–Crippen MR) is 83.6 cm³/mol. The van der Waals surface area contributed by atoms with Crippen molar-refractivity contribution in [3.05, 3.63) is 29.8 Å². The molecule has 6 heteroatoms. The van der Waals surface area contributed by atoms with Gasteiger partial charge in [-0.2, -0.15) is 0 Å². The fraction of sp³-hybridized carbons (Fsp3) is 0.429. The molecule has 110 valence electrons. The Morgan fingerprint density at radius 1 is 1.25 bits per heavy atom. The number of thioether (sulfide) groups is 1. The van der Waals surface area contributed by atoms with Gasteiger partial charge in [-0.05, 0) is 26.0 Å². The van der Waals surface area contributed by atoms with Crippen LogP contribution in [0.5, 0.6) is 0 Å². The summed E-state index contributed by atoms with van der Waals surface area (Å²) in [4.78, 5) is 23.4. The molecule has 1 aromatic carbocycles. The van der Waals surface area contributed by atoms with Crippen molar-refractivity contribution in [2.24, 2.45) is 0 Å². The Labute approximate surface area is 124 Å². The topological polar surface area (TPSA) is 61.4 Å². The molecule has 2 N–H and O–H groups in total. The number of hydrazine groups is 1. The van der Waals surface area contributed by atoms with Crippen LogP contribution in [-0.2, 0) is 9.59 Å². The van der Waals surface area contributed by atoms with E-state index in [1.165, 1.54) is 11.8 Å². The van der Waals surface area contributed by atoms with E-state index in [1.54, 1.807) is 26.0 Å². The van der Waals surface area contributed by atoms with E-state index in [0.717, 1.165) is 11.3 Å². The lowest BCUT2D eigenvalue weighted by Crippen LogP contribution is -2.40. The highest BCUT2D eigenvalue weighted by molar-refractivity contribution is 8.01. The Morgan fingerprint density at radius 2 is 1.85 bits per heavy atom. The number of amides is 2. The van der Waals surface area contributed by atoms with Crippen LogP contribution in [0.1, 0.15) is 12.5 Å². The van der Waals surface area contributed by atoms with Crippen molar-refractivity contribution >= 4 is 29.3 Å². The van der Waals surface area contributed by atoms with Crippen molar-refractivity contribution in [3.8, 4) is 0 Å². The minimum Gasteiger partial charge on any atom is -0.325 e. The third kappa shape index (κ3) is 6.08. The lowest BCUT2D eigenvalue weighted by atomic mass is 10.2. The van der Waals surface area contributed by atoms with Crippen LogP contribution in [0.25, 0.3) is 0 Å². The first-order valence-corrected chi connectivity index (χ1v) is 7.39. The summed E-state index contributed by atoms with van der Waals surface area (Å²) in [6, 6.07) is 7.60. The quantitative estimate of drug-likeness (QED) is 0.783. The number of nitrogens with zero attached hydrogens (tertiary/aromatic N) is 1. The summed E-state index contributed by atoms with van der Waals surface area (Å²) in [6.07, 6.45) is 0. The predicted octanol–water partition coefficient (Wildman–Crippen LogP) is 1.65. The number of hydrogen-bond acceptors (Lipinski definition) is 4. The van der Waals surface area contributed by atoms with E-state index in [0.29, 0.717) is 0 Å². The molecule has 1 atom stereocenters. The molecule has 0 fully saturated rings. The molecule has 1 rings (SSSR count). The summed E-state index contributed by atoms with van der Waals surface area (Å²) < 4.78 is 0. The van der Waals surface area contributed by atoms with Crippen molar-refractivity contribution < 1.29 is 9.59 Å². The average Bonchev–Trinajstić information content (AvgIpc) is 2.38. The van der Waals surface area contributed by atoms with Gasteiger partial charge in [-0.3, -0.25) is 15.0 Å². The second-order valence-corrected chi connectivity index (χ2v) is 6.07. The molecular formula is C14H21N3O2S. The molecule has 0 saturated carbocycles. The zero-order chi connectivity index (χ0) is 15.1. The molecule has 0 heterocycles. The molecule has 0 spiro atoms. The first-order chi connectivity index (χ1) is 9.38. The van der Waals surface area contributed by atoms with E-state index in [9.17, 15) is 9.59 Å². The van der Waals surface area contributed by atoms with Crippen LogP contribution < -0.4 is 10.7 Å². The number of anilines is 1. The summed E-state index contributed by atoms with van der Waals surface area (Å²) in [7, 11) is 3.50. The molecule has 2 amide bonds. The maximum absolute atomic E-state index is 11.8. The Bertz CT molecular complexity index is 460. The molecule has 0 radical (unpaired) electrons. The molecule has 0 aliphatic rings. The van der Waals surface area contributed by atoms with Crippen LogP contribution in [0.2, 0.25) is 0 Å². The lowest BCUT2D eigenvalue weighted by molar-refractivity contribution is -0.123. The van der Waals surface area contributed by atoms with E-state index in [-0.39, 0.29) is 22.8 Å². The number of carbonyl (C=O) groups is 2. The van der Waals surface area contributed by atoms with Crippen LogP contribution in [-0.4, -0.2) is 41.9 Å². The molecule has 0 unspecified atom stereocenters. The first kappa shape index (κ1) is 16.5. The van der Waals surface area contributed by atoms with Gasteiger partial charge in [-0.15, -0.1) is 11.8 Å². The molecule has 0 bridgehead atoms. The maximum atomic E-state index is 11.8. The summed E-state index contributed by atoms with van der Waals surface area (Å²) in [5, 5.41) is 4.11. The molecule has 0 saturated heterocycles. The number of carbonyl (C=O) groups excluding carboxylic acids is 2. The molecule has 20 heavy (non-hydrogen) atoms. The normalized spacial score (nSPS) is 12.1. The zero-order valence-electron chi connectivity index (χ0n) is 12.3. The second kappa shape index (κ2) is 7.91. The van der Waals surface area contributed by atoms with Crippen molar-refractivity contribution in [1.29, 1.82) is 0 Å². The SMILES string of the molecule is Cc1ccc(NC(=O)CS[C@H](C)C(=O)NN(C)C)cc1. The summed E-state index contributed by atoms with van der Waals surface area (Å²) in [5.41, 5.74) is 4.58. The maximum Gasteiger partial charge on any atom is 0.247 e. The van der Waals surface area contributed by atoms with Crippen LogP contribution in [0.3, 0.4) is 0 Å². The molecule has 5 nitrogen and oxygen atoms in total. The van der Waals surface area contributed by atoms with E-state index in [2.05, 4.69) is 10.7 Å². The Morgan fingerprint density at radius 3 is 2.40 bits per heavy atom. The standard InChI is InChI=1S/C14H21N3O2S/c1-10-5-7-12(8-6-10)15-13(18)9-20-11(2)14(19)16-17(3)4/h5-8,11H,9H2,1-4H3,(H,15,18)(H,16,19)/t11-/m1/s1. The monoisotopic (exact) mass is 295 g/mol. The Balaban J connectivity index is 2.36. The highest BCUT2D eigenvalue weighted by Crippen LogP contribution is 2.13. The van der Waals surface area contributed by atoms with Gasteiger partial charge in [0.1, 0.15) is 0 Å². The molecule has 0 aliphatic heterocycles. The third-order valence-electron chi connectivity index (χ3n) is 2.50. The van der Waals surface area contributed by atoms with E-state index >= 15 is 0 Å². The summed E-state index contributed by atoms with van der Waals surface area (Å²) in [5.74, 6) is 0.0297. The van der Waals surface area contributed by atoms with Gasteiger partial charge in [0.15, 0.2) is 0 Å². The van der Waals surface area contributed by atoms with Crippen LogP contribution in [0.4, 0.5) is 5.69 Å². The summed E-state index contributed by atoms with van der Waals surface area (Å²) >= 11 is 1.31. The van der Waals surface area contributed by atoms with Crippen LogP contribution >= 0.6 is 11.8 Å². The number of aryl methyl sites for hydroxylation is 1. The lowest BCUT2D eigenvalue weighted by Gasteiger charge is -2.16. The van der Waals surface area contributed by atoms with Gasteiger partial charge in [0, 0.05) is 19.8 Å². The first-order valence-electron chi connectivity index (χ1n) is 6.34. The van der Waals surface area contributed by atoms with Crippen molar-refractivity contribution in [3.63, 3.8) is 0 Å². The number of hydrogen-bond donors (Lipinski definition) is 2.